The summed E-state index contributed by atoms with van der Waals surface area (Å²) in [6.07, 6.45) is 0. The predicted octanol–water partition coefficient (Wildman–Crippen LogP) is 3.17. The molecule has 0 bridgehead atoms. The van der Waals surface area contributed by atoms with Crippen LogP contribution in [0, 0.1) is 12.7 Å². The Morgan fingerprint density at radius 3 is 2.35 bits per heavy atom. The molecule has 0 unspecified atom stereocenters. The van der Waals surface area contributed by atoms with E-state index in [1.807, 2.05) is 30.3 Å². The number of hydrogen-bond acceptors (Lipinski definition) is 2. The molecule has 0 aromatic heterocycles. The van der Waals surface area contributed by atoms with Crippen molar-refractivity contribution < 1.29 is 12.8 Å². The van der Waals surface area contributed by atoms with Crippen LogP contribution in [0.5, 0.6) is 0 Å². The minimum atomic E-state index is -3.67. The number of halogens is 1. The second-order valence-electron chi connectivity index (χ2n) is 4.66. The second-order valence-corrected chi connectivity index (χ2v) is 6.35. The molecule has 0 saturated heterocycles. The summed E-state index contributed by atoms with van der Waals surface area (Å²) in [6.45, 7) is 3.34. The lowest BCUT2D eigenvalue weighted by molar-refractivity contribution is 0.565. The maximum atomic E-state index is 13.0. The third-order valence-corrected chi connectivity index (χ3v) is 4.76. The topological polar surface area (TPSA) is 46.2 Å². The van der Waals surface area contributed by atoms with Crippen molar-refractivity contribution in [3.05, 3.63) is 65.5 Å². The van der Waals surface area contributed by atoms with Crippen LogP contribution in [-0.2, 0) is 10.0 Å². The molecule has 106 valence electrons. The average molecular weight is 293 g/mol. The molecule has 0 radical (unpaired) electrons. The fourth-order valence-corrected chi connectivity index (χ4v) is 3.48. The Bertz CT molecular complexity index is 699. The van der Waals surface area contributed by atoms with Gasteiger partial charge in [-0.15, -0.1) is 0 Å². The lowest BCUT2D eigenvalue weighted by atomic mass is 10.1. The number of sulfonamides is 1. The van der Waals surface area contributed by atoms with Gasteiger partial charge < -0.3 is 0 Å². The number of benzene rings is 2. The van der Waals surface area contributed by atoms with E-state index < -0.39 is 15.8 Å². The van der Waals surface area contributed by atoms with Crippen LogP contribution in [0.3, 0.4) is 0 Å². The van der Waals surface area contributed by atoms with Crippen molar-refractivity contribution in [3.63, 3.8) is 0 Å². The third kappa shape index (κ3) is 3.23. The van der Waals surface area contributed by atoms with Crippen LogP contribution < -0.4 is 4.72 Å². The van der Waals surface area contributed by atoms with E-state index in [9.17, 15) is 12.8 Å². The first-order chi connectivity index (χ1) is 9.40. The smallest absolute Gasteiger partial charge is 0.207 e. The molecule has 0 saturated carbocycles. The van der Waals surface area contributed by atoms with Gasteiger partial charge in [0.15, 0.2) is 0 Å². The largest absolute Gasteiger partial charge is 0.241 e. The van der Waals surface area contributed by atoms with Crippen molar-refractivity contribution in [2.45, 2.75) is 24.8 Å². The standard InChI is InChI=1S/C15H16FNO2S/c1-11-10-14(16)8-9-15(11)20(18,19)17-12(2)13-6-4-3-5-7-13/h3-10,12,17H,1-2H3/t12-/m1/s1. The van der Waals surface area contributed by atoms with E-state index in [2.05, 4.69) is 4.72 Å². The summed E-state index contributed by atoms with van der Waals surface area (Å²) in [5.41, 5.74) is 1.26. The fraction of sp³-hybridized carbons (Fsp3) is 0.200. The highest BCUT2D eigenvalue weighted by molar-refractivity contribution is 7.89. The van der Waals surface area contributed by atoms with Gasteiger partial charge in [0.1, 0.15) is 5.82 Å². The van der Waals surface area contributed by atoms with E-state index >= 15 is 0 Å². The molecule has 0 fully saturated rings. The molecule has 3 nitrogen and oxygen atoms in total. The van der Waals surface area contributed by atoms with Crippen LogP contribution in [0.2, 0.25) is 0 Å². The Hall–Kier alpha value is -1.72. The molecule has 2 rings (SSSR count). The highest BCUT2D eigenvalue weighted by atomic mass is 32.2. The minimum Gasteiger partial charge on any atom is -0.207 e. The summed E-state index contributed by atoms with van der Waals surface area (Å²) in [7, 11) is -3.67. The van der Waals surface area contributed by atoms with Crippen molar-refractivity contribution in [2.24, 2.45) is 0 Å². The SMILES string of the molecule is Cc1cc(F)ccc1S(=O)(=O)N[C@H](C)c1ccccc1. The van der Waals surface area contributed by atoms with E-state index in [-0.39, 0.29) is 10.9 Å². The Labute approximate surface area is 118 Å². The lowest BCUT2D eigenvalue weighted by Gasteiger charge is -2.15. The van der Waals surface area contributed by atoms with Gasteiger partial charge in [-0.3, -0.25) is 0 Å². The molecule has 0 aliphatic rings. The number of aryl methyl sites for hydroxylation is 1. The highest BCUT2D eigenvalue weighted by Crippen LogP contribution is 2.20. The van der Waals surface area contributed by atoms with Gasteiger partial charge in [0.05, 0.1) is 4.90 Å². The molecule has 1 N–H and O–H groups in total. The van der Waals surface area contributed by atoms with Crippen LogP contribution in [0.15, 0.2) is 53.4 Å². The van der Waals surface area contributed by atoms with E-state index in [4.69, 9.17) is 0 Å². The number of rotatable bonds is 4. The number of hydrogen-bond donors (Lipinski definition) is 1. The van der Waals surface area contributed by atoms with E-state index in [0.717, 1.165) is 11.6 Å². The molecule has 20 heavy (non-hydrogen) atoms. The van der Waals surface area contributed by atoms with Crippen LogP contribution in [0.1, 0.15) is 24.1 Å². The van der Waals surface area contributed by atoms with Gasteiger partial charge >= 0.3 is 0 Å². The quantitative estimate of drug-likeness (QED) is 0.941. The van der Waals surface area contributed by atoms with E-state index in [1.165, 1.54) is 12.1 Å². The maximum absolute atomic E-state index is 13.0. The molecular weight excluding hydrogens is 277 g/mol. The molecule has 5 heteroatoms. The molecule has 0 spiro atoms. The van der Waals surface area contributed by atoms with Crippen molar-refractivity contribution in [1.29, 1.82) is 0 Å². The van der Waals surface area contributed by atoms with Gasteiger partial charge in [0, 0.05) is 6.04 Å². The Morgan fingerprint density at radius 2 is 1.75 bits per heavy atom. The molecule has 0 aliphatic heterocycles. The van der Waals surface area contributed by atoms with Gasteiger partial charge in [-0.05, 0) is 43.2 Å². The zero-order valence-corrected chi connectivity index (χ0v) is 12.1. The molecular formula is C15H16FNO2S. The van der Waals surface area contributed by atoms with Crippen molar-refractivity contribution >= 4 is 10.0 Å². The van der Waals surface area contributed by atoms with Crippen LogP contribution in [-0.4, -0.2) is 8.42 Å². The Morgan fingerprint density at radius 1 is 1.10 bits per heavy atom. The third-order valence-electron chi connectivity index (χ3n) is 3.06. The maximum Gasteiger partial charge on any atom is 0.241 e. The number of nitrogens with one attached hydrogen (secondary N) is 1. The fourth-order valence-electron chi connectivity index (χ4n) is 2.02. The summed E-state index contributed by atoms with van der Waals surface area (Å²) in [5.74, 6) is -0.447. The lowest BCUT2D eigenvalue weighted by Crippen LogP contribution is -2.27. The predicted molar refractivity (Wildman–Crippen MR) is 76.3 cm³/mol. The first-order valence-electron chi connectivity index (χ1n) is 6.23. The zero-order valence-electron chi connectivity index (χ0n) is 11.3. The summed E-state index contributed by atoms with van der Waals surface area (Å²) in [4.78, 5) is 0.0988. The van der Waals surface area contributed by atoms with Crippen molar-refractivity contribution in [3.8, 4) is 0 Å². The van der Waals surface area contributed by atoms with Crippen molar-refractivity contribution in [1.82, 2.24) is 4.72 Å². The highest BCUT2D eigenvalue weighted by Gasteiger charge is 2.20. The average Bonchev–Trinajstić information content (AvgIpc) is 2.38. The summed E-state index contributed by atoms with van der Waals surface area (Å²) < 4.78 is 40.3. The Balaban J connectivity index is 2.28. The van der Waals surface area contributed by atoms with Gasteiger partial charge in [0.25, 0.3) is 0 Å². The summed E-state index contributed by atoms with van der Waals surface area (Å²) in [5, 5.41) is 0. The van der Waals surface area contributed by atoms with Crippen molar-refractivity contribution in [2.75, 3.05) is 0 Å². The van der Waals surface area contributed by atoms with Gasteiger partial charge in [0.2, 0.25) is 10.0 Å². The summed E-state index contributed by atoms with van der Waals surface area (Å²) >= 11 is 0. The van der Waals surface area contributed by atoms with Gasteiger partial charge in [-0.2, -0.15) is 0 Å². The minimum absolute atomic E-state index is 0.0988. The monoisotopic (exact) mass is 293 g/mol. The molecule has 2 aromatic carbocycles. The van der Waals surface area contributed by atoms with Gasteiger partial charge in [-0.1, -0.05) is 30.3 Å². The molecule has 0 heterocycles. The van der Waals surface area contributed by atoms with Crippen LogP contribution in [0.4, 0.5) is 4.39 Å². The Kier molecular flexibility index (Phi) is 4.20. The van der Waals surface area contributed by atoms with E-state index in [0.29, 0.717) is 5.56 Å². The second kappa shape index (κ2) is 5.73. The first kappa shape index (κ1) is 14.7. The summed E-state index contributed by atoms with van der Waals surface area (Å²) in [6, 6.07) is 12.6. The zero-order chi connectivity index (χ0) is 14.8. The normalized spacial score (nSPS) is 13.2. The molecule has 2 aromatic rings. The van der Waals surface area contributed by atoms with Gasteiger partial charge in [-0.25, -0.2) is 17.5 Å². The molecule has 1 atom stereocenters. The van der Waals surface area contributed by atoms with Crippen LogP contribution in [0.25, 0.3) is 0 Å². The molecule has 0 aliphatic carbocycles. The first-order valence-corrected chi connectivity index (χ1v) is 7.72. The van der Waals surface area contributed by atoms with E-state index in [1.54, 1.807) is 13.8 Å². The molecule has 0 amide bonds. The van der Waals surface area contributed by atoms with Crippen LogP contribution >= 0.6 is 0 Å².